The number of rotatable bonds is 51. The van der Waals surface area contributed by atoms with E-state index in [4.69, 9.17) is 14.2 Å². The topological polar surface area (TPSA) is 78.9 Å². The molecule has 0 saturated carbocycles. The average Bonchev–Trinajstić information content (AvgIpc) is 3.35. The Morgan fingerprint density at radius 2 is 0.565 bits per heavy atom. The van der Waals surface area contributed by atoms with Gasteiger partial charge in [-0.2, -0.15) is 0 Å². The first-order chi connectivity index (χ1) is 34.0. The highest BCUT2D eigenvalue weighted by Crippen LogP contribution is 2.16. The molecule has 0 bridgehead atoms. The van der Waals surface area contributed by atoms with Gasteiger partial charge < -0.3 is 14.2 Å². The normalized spacial score (nSPS) is 12.8. The van der Waals surface area contributed by atoms with Crippen LogP contribution in [0.15, 0.2) is 97.2 Å². The van der Waals surface area contributed by atoms with Crippen LogP contribution in [0.4, 0.5) is 0 Å². The third-order valence-corrected chi connectivity index (χ3v) is 12.1. The molecule has 0 unspecified atom stereocenters. The molecule has 0 aliphatic carbocycles. The van der Waals surface area contributed by atoms with Crippen molar-refractivity contribution in [1.82, 2.24) is 0 Å². The van der Waals surface area contributed by atoms with Crippen molar-refractivity contribution in [3.8, 4) is 0 Å². The molecule has 0 aliphatic heterocycles. The number of allylic oxidation sites excluding steroid dienone is 16. The molecule has 0 saturated heterocycles. The number of carbonyl (C=O) groups excluding carboxylic acids is 3. The number of hydrogen-bond acceptors (Lipinski definition) is 6. The molecule has 0 aliphatic rings. The van der Waals surface area contributed by atoms with Crippen molar-refractivity contribution in [2.24, 2.45) is 0 Å². The van der Waals surface area contributed by atoms with Crippen LogP contribution in [0.3, 0.4) is 0 Å². The van der Waals surface area contributed by atoms with Gasteiger partial charge in [-0.15, -0.1) is 0 Å². The van der Waals surface area contributed by atoms with Crippen molar-refractivity contribution < 1.29 is 28.6 Å². The maximum atomic E-state index is 12.9. The fourth-order valence-electron chi connectivity index (χ4n) is 7.84. The number of ether oxygens (including phenoxy) is 3. The first kappa shape index (κ1) is 65.3. The Hall–Kier alpha value is -3.67. The summed E-state index contributed by atoms with van der Waals surface area (Å²) in [4.78, 5) is 38.2. The molecule has 0 aromatic rings. The summed E-state index contributed by atoms with van der Waals surface area (Å²) in [6.45, 7) is 6.39. The van der Waals surface area contributed by atoms with Crippen LogP contribution in [-0.2, 0) is 28.6 Å². The highest BCUT2D eigenvalue weighted by Gasteiger charge is 2.19. The molecule has 69 heavy (non-hydrogen) atoms. The van der Waals surface area contributed by atoms with Gasteiger partial charge in [0.05, 0.1) is 0 Å². The fraction of sp³-hybridized carbons (Fsp3) is 0.698. The Labute approximate surface area is 426 Å². The Bertz CT molecular complexity index is 1380. The molecule has 1 atom stereocenters. The summed E-state index contributed by atoms with van der Waals surface area (Å²) in [5.74, 6) is -0.940. The largest absolute Gasteiger partial charge is 0.462 e. The number of unbranched alkanes of at least 4 members (excludes halogenated alkanes) is 24. The van der Waals surface area contributed by atoms with E-state index >= 15 is 0 Å². The van der Waals surface area contributed by atoms with E-state index < -0.39 is 6.10 Å². The summed E-state index contributed by atoms with van der Waals surface area (Å²) in [6.07, 6.45) is 75.4. The molecule has 0 amide bonds. The second-order valence-electron chi connectivity index (χ2n) is 18.8. The molecule has 0 fully saturated rings. The van der Waals surface area contributed by atoms with Gasteiger partial charge in [0.1, 0.15) is 13.2 Å². The van der Waals surface area contributed by atoms with Crippen molar-refractivity contribution in [2.45, 2.75) is 271 Å². The molecule has 0 N–H and O–H groups in total. The molecule has 0 heterocycles. The minimum absolute atomic E-state index is 0.0953. The summed E-state index contributed by atoms with van der Waals surface area (Å²) in [7, 11) is 0. The standard InChI is InChI=1S/C63H106O6/c1-4-7-10-13-16-19-22-25-28-30-31-33-36-39-42-45-48-51-54-57-63(66)69-60(58-67-61(64)55-52-49-46-43-40-37-34-27-24-21-18-15-12-9-6-3)59-68-62(65)56-53-50-47-44-41-38-35-32-29-26-23-20-17-14-11-8-5-2/h7,9-10,12,16,18-19,21,25,27-28,31,33-34,39,42,60H,4-6,8,11,13-15,17,20,22-24,26,29-30,32,35-38,40-41,43-59H2,1-3H3/b10-7-,12-9-,19-16-,21-18-,28-25-,33-31-,34-27-,42-39-/t60-/m1/s1. The Morgan fingerprint density at radius 3 is 0.899 bits per heavy atom. The molecule has 0 spiro atoms. The molecule has 394 valence electrons. The van der Waals surface area contributed by atoms with Crippen LogP contribution in [0.25, 0.3) is 0 Å². The molecule has 6 nitrogen and oxygen atoms in total. The zero-order chi connectivity index (χ0) is 50.0. The van der Waals surface area contributed by atoms with Gasteiger partial charge in [-0.1, -0.05) is 246 Å². The van der Waals surface area contributed by atoms with Crippen LogP contribution >= 0.6 is 0 Å². The summed E-state index contributed by atoms with van der Waals surface area (Å²) >= 11 is 0. The second-order valence-corrected chi connectivity index (χ2v) is 18.8. The van der Waals surface area contributed by atoms with E-state index in [2.05, 4.69) is 118 Å². The maximum absolute atomic E-state index is 12.9. The highest BCUT2D eigenvalue weighted by atomic mass is 16.6. The number of hydrogen-bond donors (Lipinski definition) is 0. The molecule has 0 radical (unpaired) electrons. The van der Waals surface area contributed by atoms with Crippen LogP contribution < -0.4 is 0 Å². The summed E-state index contributed by atoms with van der Waals surface area (Å²) in [5.41, 5.74) is 0. The van der Waals surface area contributed by atoms with Gasteiger partial charge in [-0.3, -0.25) is 14.4 Å². The van der Waals surface area contributed by atoms with Gasteiger partial charge in [0, 0.05) is 19.3 Å². The zero-order valence-corrected chi connectivity index (χ0v) is 45.0. The number of esters is 3. The molecule has 6 heteroatoms. The van der Waals surface area contributed by atoms with Crippen molar-refractivity contribution in [3.63, 3.8) is 0 Å². The molecular formula is C63H106O6. The maximum Gasteiger partial charge on any atom is 0.306 e. The lowest BCUT2D eigenvalue weighted by Crippen LogP contribution is -2.30. The zero-order valence-electron chi connectivity index (χ0n) is 45.0. The lowest BCUT2D eigenvalue weighted by molar-refractivity contribution is -0.167. The predicted molar refractivity (Wildman–Crippen MR) is 297 cm³/mol. The smallest absolute Gasteiger partial charge is 0.306 e. The molecule has 0 aromatic heterocycles. The van der Waals surface area contributed by atoms with E-state index in [-0.39, 0.29) is 37.5 Å². The van der Waals surface area contributed by atoms with E-state index in [9.17, 15) is 14.4 Å². The third-order valence-electron chi connectivity index (χ3n) is 12.1. The lowest BCUT2D eigenvalue weighted by atomic mass is 10.0. The van der Waals surface area contributed by atoms with Crippen LogP contribution in [0.1, 0.15) is 265 Å². The third kappa shape index (κ3) is 55.1. The average molecular weight is 960 g/mol. The van der Waals surface area contributed by atoms with Crippen molar-refractivity contribution in [2.75, 3.05) is 13.2 Å². The van der Waals surface area contributed by atoms with Crippen molar-refractivity contribution in [1.29, 1.82) is 0 Å². The van der Waals surface area contributed by atoms with Crippen LogP contribution in [0, 0.1) is 0 Å². The quantitative estimate of drug-likeness (QED) is 0.0262. The fourth-order valence-corrected chi connectivity index (χ4v) is 7.84. The van der Waals surface area contributed by atoms with E-state index in [0.29, 0.717) is 12.8 Å². The van der Waals surface area contributed by atoms with Crippen molar-refractivity contribution in [3.05, 3.63) is 97.2 Å². The molecule has 0 aromatic carbocycles. The van der Waals surface area contributed by atoms with E-state index in [1.165, 1.54) is 89.9 Å². The van der Waals surface area contributed by atoms with Crippen molar-refractivity contribution >= 4 is 17.9 Å². The van der Waals surface area contributed by atoms with Gasteiger partial charge in [0.25, 0.3) is 0 Å². The van der Waals surface area contributed by atoms with E-state index in [1.54, 1.807) is 0 Å². The van der Waals surface area contributed by atoms with Gasteiger partial charge in [0.15, 0.2) is 6.10 Å². The van der Waals surface area contributed by atoms with Gasteiger partial charge in [-0.05, 0) is 96.3 Å². The van der Waals surface area contributed by atoms with E-state index in [1.807, 2.05) is 0 Å². The minimum atomic E-state index is -0.802. The number of carbonyl (C=O) groups is 3. The second kappa shape index (κ2) is 56.9. The highest BCUT2D eigenvalue weighted by molar-refractivity contribution is 5.71. The molecule has 0 rings (SSSR count). The van der Waals surface area contributed by atoms with Gasteiger partial charge >= 0.3 is 17.9 Å². The SMILES string of the molecule is CC/C=C\C/C=C\C/C=C\C/C=C\C/C=C\CCCCCC(=O)O[C@H](COC(=O)CCCCCCC/C=C\C/C=C\C/C=C\CC)COC(=O)CCCCCCCCCCCCCCCCCCC. The summed E-state index contributed by atoms with van der Waals surface area (Å²) in [6, 6.07) is 0. The molecular weight excluding hydrogens is 853 g/mol. The Kier molecular flexibility index (Phi) is 53.9. The predicted octanol–water partition coefficient (Wildman–Crippen LogP) is 19.3. The van der Waals surface area contributed by atoms with E-state index in [0.717, 1.165) is 135 Å². The Morgan fingerprint density at radius 1 is 0.304 bits per heavy atom. The monoisotopic (exact) mass is 959 g/mol. The Balaban J connectivity index is 4.47. The first-order valence-corrected chi connectivity index (χ1v) is 28.7. The summed E-state index contributed by atoms with van der Waals surface area (Å²) in [5, 5.41) is 0. The van der Waals surface area contributed by atoms with Crippen LogP contribution in [-0.4, -0.2) is 37.2 Å². The summed E-state index contributed by atoms with van der Waals surface area (Å²) < 4.78 is 16.8. The lowest BCUT2D eigenvalue weighted by Gasteiger charge is -2.18. The van der Waals surface area contributed by atoms with Gasteiger partial charge in [0.2, 0.25) is 0 Å². The minimum Gasteiger partial charge on any atom is -0.462 e. The first-order valence-electron chi connectivity index (χ1n) is 28.7. The van der Waals surface area contributed by atoms with Gasteiger partial charge in [-0.25, -0.2) is 0 Å². The van der Waals surface area contributed by atoms with Crippen LogP contribution in [0.2, 0.25) is 0 Å². The van der Waals surface area contributed by atoms with Crippen LogP contribution in [0.5, 0.6) is 0 Å².